The van der Waals surface area contributed by atoms with Crippen LogP contribution in [0.2, 0.25) is 0 Å². The van der Waals surface area contributed by atoms with Crippen LogP contribution in [0.15, 0.2) is 23.0 Å². The van der Waals surface area contributed by atoms with E-state index in [0.29, 0.717) is 41.9 Å². The van der Waals surface area contributed by atoms with Crippen molar-refractivity contribution in [3.05, 3.63) is 34.1 Å². The maximum Gasteiger partial charge on any atom is 0.329 e. The lowest BCUT2D eigenvalue weighted by molar-refractivity contribution is -0.145. The fourth-order valence-corrected chi connectivity index (χ4v) is 4.06. The second kappa shape index (κ2) is 9.85. The molecule has 1 aliphatic carbocycles. The maximum atomic E-state index is 12.9. The molecule has 1 aliphatic rings. The Morgan fingerprint density at radius 1 is 1.19 bits per heavy atom. The monoisotopic (exact) mass is 430 g/mol. The number of aliphatic carboxylic acids is 1. The highest BCUT2D eigenvalue weighted by atomic mass is 16.5. The van der Waals surface area contributed by atoms with Crippen LogP contribution in [-0.2, 0) is 4.79 Å². The summed E-state index contributed by atoms with van der Waals surface area (Å²) < 4.78 is 11.3. The van der Waals surface area contributed by atoms with Crippen molar-refractivity contribution in [2.24, 2.45) is 0 Å². The van der Waals surface area contributed by atoms with E-state index in [9.17, 15) is 19.5 Å². The molecule has 1 amide bonds. The van der Waals surface area contributed by atoms with Gasteiger partial charge in [-0.05, 0) is 37.5 Å². The van der Waals surface area contributed by atoms with E-state index in [1.54, 1.807) is 12.1 Å². The Kier molecular flexibility index (Phi) is 7.20. The Morgan fingerprint density at radius 3 is 2.58 bits per heavy atom. The van der Waals surface area contributed by atoms with Crippen LogP contribution in [0.3, 0.4) is 0 Å². The number of carboxylic acid groups (broad SMARTS) is 1. The van der Waals surface area contributed by atoms with E-state index in [-0.39, 0.29) is 5.56 Å². The summed E-state index contributed by atoms with van der Waals surface area (Å²) in [6, 6.07) is 4.92. The Morgan fingerprint density at radius 2 is 1.94 bits per heavy atom. The number of nitrogens with one attached hydrogen (secondary N) is 2. The van der Waals surface area contributed by atoms with Crippen molar-refractivity contribution in [1.29, 1.82) is 0 Å². The summed E-state index contributed by atoms with van der Waals surface area (Å²) in [7, 11) is 1.52. The largest absolute Gasteiger partial charge is 0.493 e. The van der Waals surface area contributed by atoms with Gasteiger partial charge in [-0.3, -0.25) is 9.59 Å². The molecule has 8 heteroatoms. The smallest absolute Gasteiger partial charge is 0.329 e. The number of carbonyl (C=O) groups excluding carboxylic acids is 1. The van der Waals surface area contributed by atoms with Crippen LogP contribution in [0.1, 0.15) is 68.6 Å². The fraction of sp³-hybridized carbons (Fsp3) is 0.522. The lowest BCUT2D eigenvalue weighted by Crippen LogP contribution is -2.56. The molecule has 0 spiro atoms. The maximum absolute atomic E-state index is 12.9. The number of amides is 1. The van der Waals surface area contributed by atoms with E-state index >= 15 is 0 Å². The molecule has 1 fully saturated rings. The SMILES string of the molecule is CCCCCOc1c(OC)ccc2cc(C(=O)NC3(C(=O)O)CCCCC3)c(=O)[nH]c12. The number of fused-ring (bicyclic) bond motifs is 1. The number of hydrogen-bond acceptors (Lipinski definition) is 5. The van der Waals surface area contributed by atoms with E-state index in [2.05, 4.69) is 17.2 Å². The molecule has 31 heavy (non-hydrogen) atoms. The first-order chi connectivity index (χ1) is 14.9. The minimum atomic E-state index is -1.33. The number of aromatic nitrogens is 1. The van der Waals surface area contributed by atoms with Crippen molar-refractivity contribution in [1.82, 2.24) is 10.3 Å². The molecule has 0 aliphatic heterocycles. The van der Waals surface area contributed by atoms with Crippen LogP contribution in [0.4, 0.5) is 0 Å². The van der Waals surface area contributed by atoms with Gasteiger partial charge in [-0.25, -0.2) is 4.79 Å². The molecule has 0 bridgehead atoms. The molecule has 1 aromatic heterocycles. The molecule has 0 radical (unpaired) electrons. The minimum absolute atomic E-state index is 0.124. The molecule has 0 unspecified atom stereocenters. The van der Waals surface area contributed by atoms with Gasteiger partial charge < -0.3 is 24.9 Å². The Balaban J connectivity index is 1.93. The Bertz CT molecular complexity index is 1010. The van der Waals surface area contributed by atoms with Crippen molar-refractivity contribution in [2.45, 2.75) is 63.8 Å². The summed E-state index contributed by atoms with van der Waals surface area (Å²) in [4.78, 5) is 40.3. The molecule has 2 aromatic rings. The first-order valence-electron chi connectivity index (χ1n) is 10.8. The fourth-order valence-electron chi connectivity index (χ4n) is 4.06. The second-order valence-electron chi connectivity index (χ2n) is 8.03. The summed E-state index contributed by atoms with van der Waals surface area (Å²) >= 11 is 0. The third kappa shape index (κ3) is 4.84. The molecule has 168 valence electrons. The van der Waals surface area contributed by atoms with Crippen LogP contribution >= 0.6 is 0 Å². The summed E-state index contributed by atoms with van der Waals surface area (Å²) in [5.74, 6) is -0.836. The number of carbonyl (C=O) groups is 2. The number of carboxylic acids is 1. The van der Waals surface area contributed by atoms with Crippen molar-refractivity contribution >= 4 is 22.8 Å². The first kappa shape index (κ1) is 22.7. The number of ether oxygens (including phenoxy) is 2. The number of methoxy groups -OCH3 is 1. The van der Waals surface area contributed by atoms with Crippen molar-refractivity contribution in [3.63, 3.8) is 0 Å². The van der Waals surface area contributed by atoms with Gasteiger partial charge in [0.15, 0.2) is 11.5 Å². The van der Waals surface area contributed by atoms with Crippen LogP contribution in [0.25, 0.3) is 10.9 Å². The molecule has 0 atom stereocenters. The topological polar surface area (TPSA) is 118 Å². The summed E-state index contributed by atoms with van der Waals surface area (Å²) in [6.45, 7) is 2.58. The lowest BCUT2D eigenvalue weighted by Gasteiger charge is -2.33. The van der Waals surface area contributed by atoms with E-state index in [1.807, 2.05) is 0 Å². The van der Waals surface area contributed by atoms with E-state index in [1.165, 1.54) is 13.2 Å². The lowest BCUT2D eigenvalue weighted by atomic mass is 9.81. The van der Waals surface area contributed by atoms with Crippen LogP contribution in [-0.4, -0.2) is 41.2 Å². The number of hydrogen-bond donors (Lipinski definition) is 3. The standard InChI is InChI=1S/C23H30N2O6/c1-3-4-8-13-31-19-17(30-2)10-9-15-14-16(20(26)24-18(15)19)21(27)25-23(22(28)29)11-6-5-7-12-23/h9-10,14H,3-8,11-13H2,1-2H3,(H,24,26)(H,25,27)(H,28,29). The van der Waals surface area contributed by atoms with Crippen molar-refractivity contribution in [3.8, 4) is 11.5 Å². The van der Waals surface area contributed by atoms with Crippen LogP contribution < -0.4 is 20.3 Å². The molecule has 3 rings (SSSR count). The van der Waals surface area contributed by atoms with E-state index < -0.39 is 23.0 Å². The number of rotatable bonds is 9. The summed E-state index contributed by atoms with van der Waals surface area (Å²) in [6.07, 6.45) is 6.04. The normalized spacial score (nSPS) is 15.4. The average molecular weight is 431 g/mol. The van der Waals surface area contributed by atoms with Gasteiger partial charge in [0.2, 0.25) is 0 Å². The quantitative estimate of drug-likeness (QED) is 0.523. The predicted molar refractivity (Wildman–Crippen MR) is 117 cm³/mol. The molecule has 0 saturated heterocycles. The van der Waals surface area contributed by atoms with E-state index in [0.717, 1.165) is 38.5 Å². The highest BCUT2D eigenvalue weighted by molar-refractivity contribution is 6.01. The predicted octanol–water partition coefficient (Wildman–Crippen LogP) is 3.62. The van der Waals surface area contributed by atoms with Gasteiger partial charge in [-0.1, -0.05) is 39.0 Å². The highest BCUT2D eigenvalue weighted by Crippen LogP contribution is 2.34. The molecule has 8 nitrogen and oxygen atoms in total. The number of H-pyrrole nitrogens is 1. The van der Waals surface area contributed by atoms with Gasteiger partial charge >= 0.3 is 5.97 Å². The molecule has 3 N–H and O–H groups in total. The van der Waals surface area contributed by atoms with Gasteiger partial charge in [0.25, 0.3) is 11.5 Å². The highest BCUT2D eigenvalue weighted by Gasteiger charge is 2.41. The summed E-state index contributed by atoms with van der Waals surface area (Å²) in [5.41, 5.74) is -1.61. The van der Waals surface area contributed by atoms with Gasteiger partial charge in [0.05, 0.1) is 19.2 Å². The molecular formula is C23H30N2O6. The summed E-state index contributed by atoms with van der Waals surface area (Å²) in [5, 5.41) is 12.9. The zero-order valence-corrected chi connectivity index (χ0v) is 18.1. The van der Waals surface area contributed by atoms with Crippen LogP contribution in [0.5, 0.6) is 11.5 Å². The van der Waals surface area contributed by atoms with Gasteiger partial charge in [-0.2, -0.15) is 0 Å². The zero-order chi connectivity index (χ0) is 22.4. The van der Waals surface area contributed by atoms with Gasteiger partial charge in [0, 0.05) is 5.39 Å². The number of unbranched alkanes of at least 4 members (excludes halogenated alkanes) is 2. The molecule has 1 saturated carbocycles. The van der Waals surface area contributed by atoms with Gasteiger partial charge in [0.1, 0.15) is 11.1 Å². The Labute approximate surface area is 180 Å². The first-order valence-corrected chi connectivity index (χ1v) is 10.8. The third-order valence-corrected chi connectivity index (χ3v) is 5.86. The minimum Gasteiger partial charge on any atom is -0.493 e. The number of aromatic amines is 1. The van der Waals surface area contributed by atoms with E-state index in [4.69, 9.17) is 9.47 Å². The molecule has 1 aromatic carbocycles. The number of benzene rings is 1. The Hall–Kier alpha value is -3.03. The molecule has 1 heterocycles. The average Bonchev–Trinajstić information content (AvgIpc) is 2.76. The third-order valence-electron chi connectivity index (χ3n) is 5.86. The number of pyridine rings is 1. The van der Waals surface area contributed by atoms with Crippen LogP contribution in [0, 0.1) is 0 Å². The zero-order valence-electron chi connectivity index (χ0n) is 18.1. The van der Waals surface area contributed by atoms with Crippen molar-refractivity contribution < 1.29 is 24.2 Å². The van der Waals surface area contributed by atoms with Crippen molar-refractivity contribution in [2.75, 3.05) is 13.7 Å². The second-order valence-corrected chi connectivity index (χ2v) is 8.03. The van der Waals surface area contributed by atoms with Gasteiger partial charge in [-0.15, -0.1) is 0 Å². The molecular weight excluding hydrogens is 400 g/mol.